The van der Waals surface area contributed by atoms with Gasteiger partial charge in [0.25, 0.3) is 60.7 Å². The van der Waals surface area contributed by atoms with Crippen molar-refractivity contribution in [1.82, 2.24) is 0 Å². The summed E-state index contributed by atoms with van der Waals surface area (Å²) in [5.74, 6) is -2.93. The van der Waals surface area contributed by atoms with Crippen molar-refractivity contribution in [3.63, 3.8) is 0 Å². The first-order chi connectivity index (χ1) is 42.3. The maximum absolute atomic E-state index is 12.8. The quantitative estimate of drug-likeness (QED) is 0.0316. The van der Waals surface area contributed by atoms with E-state index < -0.39 is 124 Å². The number of hydrogen-bond donors (Lipinski definition) is 11. The van der Waals surface area contributed by atoms with Gasteiger partial charge in [-0.05, 0) is 133 Å². The molecular weight excluding hydrogens is 1320 g/mol. The van der Waals surface area contributed by atoms with Gasteiger partial charge in [0.15, 0.2) is 11.5 Å². The third-order valence-corrected chi connectivity index (χ3v) is 18.9. The molecular formula is C54H39N9O22S6. The maximum atomic E-state index is 12.8. The summed E-state index contributed by atoms with van der Waals surface area (Å²) in [6.07, 6.45) is 0. The van der Waals surface area contributed by atoms with Gasteiger partial charge in [-0.1, -0.05) is 24.3 Å². The van der Waals surface area contributed by atoms with Gasteiger partial charge < -0.3 is 25.7 Å². The number of hydrogen-bond acceptors (Lipinski definition) is 25. The van der Waals surface area contributed by atoms with Crippen LogP contribution < -0.4 is 5.32 Å². The molecule has 0 bridgehead atoms. The Hall–Kier alpha value is -9.90. The number of phenols is 4. The molecule has 0 aliphatic rings. The number of benzene rings is 10. The predicted octanol–water partition coefficient (Wildman–Crippen LogP) is 12.6. The van der Waals surface area contributed by atoms with Crippen LogP contribution >= 0.6 is 0 Å². The van der Waals surface area contributed by atoms with E-state index in [1.807, 2.05) is 0 Å². The van der Waals surface area contributed by atoms with Crippen molar-refractivity contribution in [1.29, 1.82) is 0 Å². The number of rotatable bonds is 16. The molecule has 0 unspecified atom stereocenters. The monoisotopic (exact) mass is 1360 g/mol. The lowest BCUT2D eigenvalue weighted by Crippen LogP contribution is -2.03. The third kappa shape index (κ3) is 13.2. The van der Waals surface area contributed by atoms with Crippen LogP contribution in [0.25, 0.3) is 43.1 Å². The van der Waals surface area contributed by atoms with Crippen molar-refractivity contribution in [3.05, 3.63) is 145 Å². The molecule has 0 saturated heterocycles. The van der Waals surface area contributed by atoms with E-state index in [9.17, 15) is 98.2 Å². The van der Waals surface area contributed by atoms with Crippen molar-refractivity contribution in [3.8, 4) is 23.0 Å². The lowest BCUT2D eigenvalue weighted by Gasteiger charge is -2.13. The van der Waals surface area contributed by atoms with Crippen LogP contribution in [0.3, 0.4) is 0 Å². The van der Waals surface area contributed by atoms with Crippen LogP contribution in [-0.2, 0) is 60.7 Å². The van der Waals surface area contributed by atoms with E-state index in [0.717, 1.165) is 72.8 Å². The van der Waals surface area contributed by atoms with Crippen LogP contribution in [-0.4, -0.2) is 98.2 Å². The van der Waals surface area contributed by atoms with E-state index in [-0.39, 0.29) is 99.7 Å². The van der Waals surface area contributed by atoms with E-state index in [1.54, 1.807) is 0 Å². The minimum Gasteiger partial charge on any atom is -0.506 e. The Labute approximate surface area is 512 Å². The van der Waals surface area contributed by atoms with Gasteiger partial charge in [0.2, 0.25) is 0 Å². The molecule has 0 atom stereocenters. The van der Waals surface area contributed by atoms with Crippen molar-refractivity contribution in [2.75, 3.05) is 5.32 Å². The summed E-state index contributed by atoms with van der Waals surface area (Å²) < 4.78 is 209. The highest BCUT2D eigenvalue weighted by molar-refractivity contribution is 7.87. The fourth-order valence-electron chi connectivity index (χ4n) is 9.37. The fourth-order valence-corrected chi connectivity index (χ4v) is 13.5. The van der Waals surface area contributed by atoms with Gasteiger partial charge in [-0.15, -0.1) is 20.5 Å². The Morgan fingerprint density at radius 3 is 0.989 bits per heavy atom. The maximum Gasteiger partial charge on any atom is 0.296 e. The molecule has 10 rings (SSSR count). The van der Waals surface area contributed by atoms with E-state index in [0.29, 0.717) is 0 Å². The van der Waals surface area contributed by atoms with Gasteiger partial charge in [0.05, 0.1) is 22.7 Å². The van der Waals surface area contributed by atoms with E-state index in [2.05, 4.69) is 46.2 Å². The summed E-state index contributed by atoms with van der Waals surface area (Å²) in [6, 6.07) is 24.9. The van der Waals surface area contributed by atoms with E-state index in [4.69, 9.17) is 0 Å². The van der Waals surface area contributed by atoms with Gasteiger partial charge >= 0.3 is 0 Å². The summed E-state index contributed by atoms with van der Waals surface area (Å²) in [6.45, 7) is 2.89. The SMILES string of the molecule is Cc1cc(N=Nc2c(S(=O)(=O)O)cc3cc(Nc4ccc5c(O)c(N=Nc6cc(C)c(N=Nc7cc(S(=O)(=O)O)c8cccc(S(=O)(=O)O)c8c7)cc6O)c(S(=O)(=O)O)cc5c4)ccc3c2O)c(O)cc1N=Nc1cc(S(=O)(=O)O)c2cccc(S(=O)(=O)O)c2c1. The van der Waals surface area contributed by atoms with Crippen molar-refractivity contribution in [2.24, 2.45) is 40.9 Å². The number of nitrogens with one attached hydrogen (secondary N) is 1. The average Bonchev–Trinajstić information content (AvgIpc) is 0.804. The van der Waals surface area contributed by atoms with Gasteiger partial charge in [0, 0.05) is 55.8 Å². The Balaban J connectivity index is 0.904. The lowest BCUT2D eigenvalue weighted by atomic mass is 10.1. The molecule has 37 heteroatoms. The Morgan fingerprint density at radius 2 is 0.648 bits per heavy atom. The zero-order valence-corrected chi connectivity index (χ0v) is 50.5. The normalized spacial score (nSPS) is 13.1. The first kappa shape index (κ1) is 64.1. The minimum atomic E-state index is -5.21. The van der Waals surface area contributed by atoms with Crippen LogP contribution in [0.15, 0.2) is 204 Å². The summed E-state index contributed by atoms with van der Waals surface area (Å²) in [7, 11) is -30.2. The fraction of sp³-hybridized carbons (Fsp3) is 0.0370. The number of phenolic OH excluding ortho intramolecular Hbond substituents is 4. The lowest BCUT2D eigenvalue weighted by molar-refractivity contribution is 0.471. The van der Waals surface area contributed by atoms with Gasteiger partial charge in [-0.2, -0.15) is 71.0 Å². The molecule has 0 aliphatic carbocycles. The predicted molar refractivity (Wildman–Crippen MR) is 324 cm³/mol. The van der Waals surface area contributed by atoms with Crippen LogP contribution in [0.4, 0.5) is 56.9 Å². The van der Waals surface area contributed by atoms with Gasteiger partial charge in [-0.25, -0.2) is 0 Å². The summed E-state index contributed by atoms with van der Waals surface area (Å²) in [5.41, 5.74) is -2.22. The number of azo groups is 4. The topological polar surface area (TPSA) is 518 Å². The summed E-state index contributed by atoms with van der Waals surface area (Å²) >= 11 is 0. The third-order valence-electron chi connectivity index (χ3n) is 13.5. The first-order valence-electron chi connectivity index (χ1n) is 25.0. The van der Waals surface area contributed by atoms with Crippen molar-refractivity contribution in [2.45, 2.75) is 43.2 Å². The number of fused-ring (bicyclic) bond motifs is 4. The second kappa shape index (κ2) is 23.2. The van der Waals surface area contributed by atoms with Crippen LogP contribution in [0.2, 0.25) is 0 Å². The van der Waals surface area contributed by atoms with E-state index in [1.165, 1.54) is 74.5 Å². The van der Waals surface area contributed by atoms with E-state index >= 15 is 0 Å². The zero-order chi connectivity index (χ0) is 66.2. The second-order valence-corrected chi connectivity index (χ2v) is 28.0. The molecule has 10 aromatic rings. The minimum absolute atomic E-state index is 0.00814. The van der Waals surface area contributed by atoms with Gasteiger partial charge in [0.1, 0.15) is 63.6 Å². The molecule has 0 radical (unpaired) electrons. The molecule has 0 saturated carbocycles. The molecule has 0 spiro atoms. The largest absolute Gasteiger partial charge is 0.506 e. The number of aryl methyl sites for hydroxylation is 2. The molecule has 0 fully saturated rings. The van der Waals surface area contributed by atoms with Crippen molar-refractivity contribution < 1.29 is 98.2 Å². The number of nitrogens with zero attached hydrogens (tertiary/aromatic N) is 8. The smallest absolute Gasteiger partial charge is 0.296 e. The highest BCUT2D eigenvalue weighted by atomic mass is 32.2. The standard InChI is InChI=1S/C54H39N9O22S6/c1-25-13-41(43(64)23-39(25)58-56-31-19-37-35(47(21-31)88(74,75)76)5-3-7-45(37)86(68,69)70)60-62-51-49(90(80,81)82)17-27-15-29(9-11-33(27)53(51)66)55-30-10-12-34-28(16-30)18-50(91(83,84)85)52(54(34)67)63-61-42-14-26(2)40(24-44(42)65)59-57-32-20-38-36(48(22-32)89(77,78)79)6-4-8-46(38)87(71,72)73/h3-24,55,64-67H,1-2H3,(H,68,69,70)(H,71,72,73)(H,74,75,76)(H,77,78,79)(H,80,81,82)(H,83,84,85). The molecule has 11 N–H and O–H groups in total. The molecule has 0 aliphatic heterocycles. The molecule has 31 nitrogen and oxygen atoms in total. The molecule has 0 amide bonds. The average molecular weight is 1360 g/mol. The second-order valence-electron chi connectivity index (χ2n) is 19.6. The first-order valence-corrected chi connectivity index (χ1v) is 33.7. The molecule has 0 heterocycles. The summed E-state index contributed by atoms with van der Waals surface area (Å²) in [4.78, 5) is -4.84. The molecule has 468 valence electrons. The highest BCUT2D eigenvalue weighted by Crippen LogP contribution is 2.47. The Morgan fingerprint density at radius 1 is 0.308 bits per heavy atom. The van der Waals surface area contributed by atoms with Crippen LogP contribution in [0.1, 0.15) is 11.1 Å². The van der Waals surface area contributed by atoms with Crippen LogP contribution in [0, 0.1) is 13.8 Å². The molecule has 0 aromatic heterocycles. The van der Waals surface area contributed by atoms with Gasteiger partial charge in [-0.3, -0.25) is 27.3 Å². The Bertz CT molecular complexity index is 5370. The highest BCUT2D eigenvalue weighted by Gasteiger charge is 2.27. The molecule has 10 aromatic carbocycles. The number of anilines is 2. The van der Waals surface area contributed by atoms with Crippen molar-refractivity contribution >= 4 is 161 Å². The number of aromatic hydroxyl groups is 4. The summed E-state index contributed by atoms with van der Waals surface area (Å²) in [5, 5.41) is 77.7. The molecule has 91 heavy (non-hydrogen) atoms. The zero-order valence-electron chi connectivity index (χ0n) is 45.6. The van der Waals surface area contributed by atoms with Crippen LogP contribution in [0.5, 0.6) is 23.0 Å². The Kier molecular flexibility index (Phi) is 16.3.